The Balaban J connectivity index is 1.59. The summed E-state index contributed by atoms with van der Waals surface area (Å²) >= 11 is 1.58. The number of hydrogen-bond donors (Lipinski definition) is 1. The van der Waals surface area contributed by atoms with E-state index in [4.69, 9.17) is 0 Å². The standard InChI is InChI=1S/C14H15N5S/c1-11-9-15-19(10-11)8-7-13-17-18-14(20-13)16-12-5-3-2-4-6-12/h2-6,9-10H,7-8H2,1H3,(H,16,18). The molecule has 102 valence electrons. The first-order valence-electron chi connectivity index (χ1n) is 6.43. The molecule has 3 rings (SSSR count). The Labute approximate surface area is 121 Å². The number of benzene rings is 1. The maximum atomic E-state index is 4.26. The van der Waals surface area contributed by atoms with Crippen LogP contribution in [0.5, 0.6) is 0 Å². The normalized spacial score (nSPS) is 10.7. The number of anilines is 2. The molecule has 0 aliphatic heterocycles. The van der Waals surface area contributed by atoms with Crippen LogP contribution in [-0.4, -0.2) is 20.0 Å². The Kier molecular flexibility index (Phi) is 3.73. The van der Waals surface area contributed by atoms with Crippen LogP contribution in [0, 0.1) is 6.92 Å². The van der Waals surface area contributed by atoms with E-state index in [1.165, 1.54) is 5.56 Å². The highest BCUT2D eigenvalue weighted by Gasteiger charge is 2.05. The van der Waals surface area contributed by atoms with E-state index in [0.717, 1.165) is 28.8 Å². The molecule has 1 aromatic carbocycles. The molecule has 1 N–H and O–H groups in total. The van der Waals surface area contributed by atoms with Crippen molar-refractivity contribution in [3.8, 4) is 0 Å². The molecule has 5 nitrogen and oxygen atoms in total. The summed E-state index contributed by atoms with van der Waals surface area (Å²) in [5.74, 6) is 0. The van der Waals surface area contributed by atoms with Crippen molar-refractivity contribution in [2.24, 2.45) is 0 Å². The van der Waals surface area contributed by atoms with Crippen LogP contribution < -0.4 is 5.32 Å². The molecule has 20 heavy (non-hydrogen) atoms. The zero-order chi connectivity index (χ0) is 13.8. The van der Waals surface area contributed by atoms with Gasteiger partial charge in [0, 0.05) is 24.8 Å². The molecule has 0 unspecified atom stereocenters. The van der Waals surface area contributed by atoms with Gasteiger partial charge in [-0.05, 0) is 24.6 Å². The first-order valence-corrected chi connectivity index (χ1v) is 7.25. The summed E-state index contributed by atoms with van der Waals surface area (Å²) in [6.45, 7) is 2.87. The number of aromatic nitrogens is 4. The van der Waals surface area contributed by atoms with Gasteiger partial charge in [0.2, 0.25) is 5.13 Å². The van der Waals surface area contributed by atoms with Crippen molar-refractivity contribution in [1.29, 1.82) is 0 Å². The highest BCUT2D eigenvalue weighted by atomic mass is 32.1. The topological polar surface area (TPSA) is 55.6 Å². The molecule has 3 aromatic rings. The Hall–Kier alpha value is -2.21. The van der Waals surface area contributed by atoms with Crippen molar-refractivity contribution in [3.63, 3.8) is 0 Å². The summed E-state index contributed by atoms with van der Waals surface area (Å²) < 4.78 is 1.93. The van der Waals surface area contributed by atoms with Crippen molar-refractivity contribution in [3.05, 3.63) is 53.3 Å². The second-order valence-electron chi connectivity index (χ2n) is 4.52. The maximum Gasteiger partial charge on any atom is 0.210 e. The van der Waals surface area contributed by atoms with Crippen LogP contribution in [0.1, 0.15) is 10.6 Å². The average Bonchev–Trinajstić information content (AvgIpc) is 3.07. The van der Waals surface area contributed by atoms with Crippen LogP contribution in [0.4, 0.5) is 10.8 Å². The summed E-state index contributed by atoms with van der Waals surface area (Å²) in [5.41, 5.74) is 2.20. The number of hydrogen-bond acceptors (Lipinski definition) is 5. The lowest BCUT2D eigenvalue weighted by molar-refractivity contribution is 0.611. The van der Waals surface area contributed by atoms with Crippen LogP contribution >= 0.6 is 11.3 Å². The summed E-state index contributed by atoms with van der Waals surface area (Å²) in [6.07, 6.45) is 4.74. The molecule has 0 spiro atoms. The highest BCUT2D eigenvalue weighted by molar-refractivity contribution is 7.15. The average molecular weight is 285 g/mol. The number of rotatable bonds is 5. The van der Waals surface area contributed by atoms with Gasteiger partial charge in [0.25, 0.3) is 0 Å². The quantitative estimate of drug-likeness (QED) is 0.783. The van der Waals surface area contributed by atoms with Crippen LogP contribution in [-0.2, 0) is 13.0 Å². The zero-order valence-corrected chi connectivity index (χ0v) is 12.0. The van der Waals surface area contributed by atoms with Crippen molar-refractivity contribution in [1.82, 2.24) is 20.0 Å². The van der Waals surface area contributed by atoms with Crippen LogP contribution in [0.3, 0.4) is 0 Å². The Morgan fingerprint density at radius 3 is 2.80 bits per heavy atom. The minimum absolute atomic E-state index is 0.822. The van der Waals surface area contributed by atoms with Crippen molar-refractivity contribution in [2.75, 3.05) is 5.32 Å². The number of nitrogens with one attached hydrogen (secondary N) is 1. The lowest BCUT2D eigenvalue weighted by Gasteiger charge is -1.99. The van der Waals surface area contributed by atoms with Crippen molar-refractivity contribution < 1.29 is 0 Å². The number of nitrogens with zero attached hydrogens (tertiary/aromatic N) is 4. The molecule has 0 aliphatic carbocycles. The predicted octanol–water partition coefficient (Wildman–Crippen LogP) is 3.03. The second kappa shape index (κ2) is 5.83. The molecule has 0 saturated heterocycles. The molecule has 2 heterocycles. The fourth-order valence-corrected chi connectivity index (χ4v) is 2.60. The summed E-state index contributed by atoms with van der Waals surface area (Å²) in [4.78, 5) is 0. The minimum Gasteiger partial charge on any atom is -0.330 e. The van der Waals surface area contributed by atoms with E-state index in [0.29, 0.717) is 0 Å². The molecule has 2 aromatic heterocycles. The Morgan fingerprint density at radius 1 is 1.20 bits per heavy atom. The third kappa shape index (κ3) is 3.21. The van der Waals surface area contributed by atoms with Crippen molar-refractivity contribution >= 4 is 22.2 Å². The van der Waals surface area contributed by atoms with Gasteiger partial charge < -0.3 is 5.32 Å². The third-order valence-electron chi connectivity index (χ3n) is 2.81. The Bertz CT molecular complexity index is 674. The van der Waals surface area contributed by atoms with E-state index in [-0.39, 0.29) is 0 Å². The number of para-hydroxylation sites is 1. The smallest absolute Gasteiger partial charge is 0.210 e. The summed E-state index contributed by atoms with van der Waals surface area (Å²) in [7, 11) is 0. The molecule has 0 fully saturated rings. The fourth-order valence-electron chi connectivity index (χ4n) is 1.85. The molecule has 0 aliphatic rings. The lowest BCUT2D eigenvalue weighted by Crippen LogP contribution is -2.01. The third-order valence-corrected chi connectivity index (χ3v) is 3.71. The highest BCUT2D eigenvalue weighted by Crippen LogP contribution is 2.20. The van der Waals surface area contributed by atoms with Gasteiger partial charge in [0.05, 0.1) is 6.20 Å². The van der Waals surface area contributed by atoms with Crippen molar-refractivity contribution in [2.45, 2.75) is 19.9 Å². The van der Waals surface area contributed by atoms with Gasteiger partial charge in [-0.2, -0.15) is 5.10 Å². The van der Waals surface area contributed by atoms with E-state index in [1.54, 1.807) is 11.3 Å². The first-order chi connectivity index (χ1) is 9.79. The van der Waals surface area contributed by atoms with E-state index < -0.39 is 0 Å². The van der Waals surface area contributed by atoms with Gasteiger partial charge in [-0.3, -0.25) is 4.68 Å². The van der Waals surface area contributed by atoms with E-state index in [9.17, 15) is 0 Å². The zero-order valence-electron chi connectivity index (χ0n) is 11.2. The van der Waals surface area contributed by atoms with E-state index >= 15 is 0 Å². The molecule has 0 saturated carbocycles. The monoisotopic (exact) mass is 285 g/mol. The van der Waals surface area contributed by atoms with Crippen LogP contribution in [0.25, 0.3) is 0 Å². The first kappa shape index (κ1) is 12.8. The van der Waals surface area contributed by atoms with Gasteiger partial charge in [-0.25, -0.2) is 0 Å². The largest absolute Gasteiger partial charge is 0.330 e. The van der Waals surface area contributed by atoms with Gasteiger partial charge in [0.15, 0.2) is 0 Å². The maximum absolute atomic E-state index is 4.26. The van der Waals surface area contributed by atoms with Gasteiger partial charge >= 0.3 is 0 Å². The van der Waals surface area contributed by atoms with Gasteiger partial charge in [-0.15, -0.1) is 10.2 Å². The molecular weight excluding hydrogens is 270 g/mol. The fraction of sp³-hybridized carbons (Fsp3) is 0.214. The molecule has 0 radical (unpaired) electrons. The van der Waals surface area contributed by atoms with E-state index in [2.05, 4.69) is 20.6 Å². The summed E-state index contributed by atoms with van der Waals surface area (Å²) in [6, 6.07) is 9.98. The molecule has 0 amide bonds. The van der Waals surface area contributed by atoms with Gasteiger partial charge in [-0.1, -0.05) is 29.5 Å². The molecule has 6 heteroatoms. The molecule has 0 bridgehead atoms. The predicted molar refractivity (Wildman–Crippen MR) is 80.3 cm³/mol. The second-order valence-corrected chi connectivity index (χ2v) is 5.58. The lowest BCUT2D eigenvalue weighted by atomic mass is 10.3. The SMILES string of the molecule is Cc1cnn(CCc2nnc(Nc3ccccc3)s2)c1. The molecule has 0 atom stereocenters. The summed E-state index contributed by atoms with van der Waals surface area (Å²) in [5, 5.41) is 17.7. The minimum atomic E-state index is 0.822. The van der Waals surface area contributed by atoms with Crippen LogP contribution in [0.2, 0.25) is 0 Å². The Morgan fingerprint density at radius 2 is 2.05 bits per heavy atom. The molecular formula is C14H15N5S. The van der Waals surface area contributed by atoms with Crippen LogP contribution in [0.15, 0.2) is 42.7 Å². The van der Waals surface area contributed by atoms with E-state index in [1.807, 2.05) is 54.3 Å². The number of aryl methyl sites for hydroxylation is 3. The van der Waals surface area contributed by atoms with Gasteiger partial charge in [0.1, 0.15) is 5.01 Å².